The van der Waals surface area contributed by atoms with Crippen molar-refractivity contribution in [2.75, 3.05) is 11.9 Å². The Balaban J connectivity index is 1.32. The number of aromatic nitrogens is 3. The molecule has 2 amide bonds. The van der Waals surface area contributed by atoms with Gasteiger partial charge < -0.3 is 10.2 Å². The van der Waals surface area contributed by atoms with E-state index in [0.29, 0.717) is 5.69 Å². The molecule has 0 radical (unpaired) electrons. The highest BCUT2D eigenvalue weighted by atomic mass is 16.2. The van der Waals surface area contributed by atoms with Crippen molar-refractivity contribution in [1.82, 2.24) is 19.7 Å². The Morgan fingerprint density at radius 3 is 2.59 bits per heavy atom. The van der Waals surface area contributed by atoms with E-state index in [2.05, 4.69) is 27.5 Å². The van der Waals surface area contributed by atoms with E-state index in [0.717, 1.165) is 12.4 Å². The standard InChI is InChI=1S/C21H21N5O/c27-20(24-17-8-9-18(22-14-17)26-13-5-12-23-26)25-15-21(10-4-11-21)19(25)16-6-2-1-3-7-16/h1-3,5-9,12-14,19H,4,10-11,15H2,(H,24,27). The molecule has 1 atom stereocenters. The number of amides is 2. The van der Waals surface area contributed by atoms with Crippen LogP contribution in [0.4, 0.5) is 10.5 Å². The van der Waals surface area contributed by atoms with Crippen LogP contribution in [-0.2, 0) is 0 Å². The third kappa shape index (κ3) is 2.68. The number of carbonyl (C=O) groups is 1. The zero-order chi connectivity index (χ0) is 18.3. The van der Waals surface area contributed by atoms with Crippen molar-refractivity contribution in [2.24, 2.45) is 5.41 Å². The van der Waals surface area contributed by atoms with Gasteiger partial charge in [-0.1, -0.05) is 36.8 Å². The maximum absolute atomic E-state index is 12.9. The van der Waals surface area contributed by atoms with Gasteiger partial charge in [0.15, 0.2) is 5.82 Å². The third-order valence-corrected chi connectivity index (χ3v) is 5.84. The number of anilines is 1. The first-order valence-electron chi connectivity index (χ1n) is 9.34. The van der Waals surface area contributed by atoms with Gasteiger partial charge in [-0.3, -0.25) is 0 Å². The summed E-state index contributed by atoms with van der Waals surface area (Å²) < 4.78 is 1.69. The molecule has 2 aliphatic rings. The third-order valence-electron chi connectivity index (χ3n) is 5.84. The van der Waals surface area contributed by atoms with Crippen LogP contribution >= 0.6 is 0 Å². The second-order valence-electron chi connectivity index (χ2n) is 7.44. The Labute approximate surface area is 157 Å². The van der Waals surface area contributed by atoms with Crippen LogP contribution in [0, 0.1) is 5.41 Å². The minimum atomic E-state index is -0.0602. The molecular formula is C21H21N5O. The van der Waals surface area contributed by atoms with E-state index in [1.807, 2.05) is 47.5 Å². The largest absolute Gasteiger partial charge is 0.322 e. The van der Waals surface area contributed by atoms with Gasteiger partial charge in [0.05, 0.1) is 17.9 Å². The van der Waals surface area contributed by atoms with Crippen LogP contribution in [-0.4, -0.2) is 32.2 Å². The van der Waals surface area contributed by atoms with Gasteiger partial charge in [0, 0.05) is 24.4 Å². The van der Waals surface area contributed by atoms with Gasteiger partial charge in [-0.15, -0.1) is 0 Å². The van der Waals surface area contributed by atoms with Gasteiger partial charge in [-0.25, -0.2) is 14.5 Å². The number of carbonyl (C=O) groups excluding carboxylic acids is 1. The first-order chi connectivity index (χ1) is 13.3. The zero-order valence-corrected chi connectivity index (χ0v) is 15.0. The quantitative estimate of drug-likeness (QED) is 0.768. The molecule has 0 bridgehead atoms. The molecule has 1 unspecified atom stereocenters. The van der Waals surface area contributed by atoms with Crippen LogP contribution in [0.3, 0.4) is 0 Å². The van der Waals surface area contributed by atoms with Crippen LogP contribution in [0.15, 0.2) is 67.1 Å². The molecule has 1 aliphatic heterocycles. The fraction of sp³-hybridized carbons (Fsp3) is 0.286. The highest BCUT2D eigenvalue weighted by molar-refractivity contribution is 5.90. The van der Waals surface area contributed by atoms with Gasteiger partial charge in [-0.2, -0.15) is 5.10 Å². The summed E-state index contributed by atoms with van der Waals surface area (Å²) in [6.07, 6.45) is 8.89. The zero-order valence-electron chi connectivity index (χ0n) is 15.0. The molecule has 1 spiro atoms. The molecule has 5 rings (SSSR count). The summed E-state index contributed by atoms with van der Waals surface area (Å²) in [4.78, 5) is 19.2. The smallest absolute Gasteiger partial charge is 0.316 e. The van der Waals surface area contributed by atoms with Crippen molar-refractivity contribution in [3.05, 3.63) is 72.7 Å². The van der Waals surface area contributed by atoms with Crippen molar-refractivity contribution >= 4 is 11.7 Å². The Morgan fingerprint density at radius 2 is 1.96 bits per heavy atom. The molecule has 2 aromatic heterocycles. The van der Waals surface area contributed by atoms with E-state index in [9.17, 15) is 4.79 Å². The molecule has 6 nitrogen and oxygen atoms in total. The topological polar surface area (TPSA) is 63.1 Å². The summed E-state index contributed by atoms with van der Waals surface area (Å²) in [7, 11) is 0. The molecule has 1 saturated carbocycles. The maximum Gasteiger partial charge on any atom is 0.322 e. The van der Waals surface area contributed by atoms with Crippen molar-refractivity contribution in [2.45, 2.75) is 25.3 Å². The molecule has 1 saturated heterocycles. The first-order valence-corrected chi connectivity index (χ1v) is 9.34. The number of benzene rings is 1. The summed E-state index contributed by atoms with van der Waals surface area (Å²) >= 11 is 0. The van der Waals surface area contributed by atoms with E-state index < -0.39 is 0 Å². The Hall–Kier alpha value is -3.15. The van der Waals surface area contributed by atoms with E-state index in [1.54, 1.807) is 17.1 Å². The van der Waals surface area contributed by atoms with E-state index in [1.165, 1.54) is 24.8 Å². The molecule has 136 valence electrons. The number of hydrogen-bond acceptors (Lipinski definition) is 3. The fourth-order valence-corrected chi connectivity index (χ4v) is 4.35. The monoisotopic (exact) mass is 359 g/mol. The lowest BCUT2D eigenvalue weighted by Crippen LogP contribution is -2.64. The molecule has 3 aromatic rings. The molecule has 1 aromatic carbocycles. The van der Waals surface area contributed by atoms with Crippen LogP contribution in [0.2, 0.25) is 0 Å². The SMILES string of the molecule is O=C(Nc1ccc(-n2cccn2)nc1)N1CC2(CCC2)C1c1ccccc1. The van der Waals surface area contributed by atoms with Crippen molar-refractivity contribution in [3.63, 3.8) is 0 Å². The lowest BCUT2D eigenvalue weighted by Gasteiger charge is -2.62. The molecule has 3 heterocycles. The number of nitrogens with zero attached hydrogens (tertiary/aromatic N) is 4. The van der Waals surface area contributed by atoms with Gasteiger partial charge in [0.1, 0.15) is 0 Å². The lowest BCUT2D eigenvalue weighted by atomic mass is 9.56. The minimum Gasteiger partial charge on any atom is -0.316 e. The average Bonchev–Trinajstić information content (AvgIpc) is 3.16. The van der Waals surface area contributed by atoms with E-state index >= 15 is 0 Å². The van der Waals surface area contributed by atoms with Crippen molar-refractivity contribution in [1.29, 1.82) is 0 Å². The normalized spacial score (nSPS) is 20.0. The summed E-state index contributed by atoms with van der Waals surface area (Å²) in [5, 5.41) is 7.16. The summed E-state index contributed by atoms with van der Waals surface area (Å²) in [6, 6.07) is 16.0. The molecule has 27 heavy (non-hydrogen) atoms. The fourth-order valence-electron chi connectivity index (χ4n) is 4.35. The minimum absolute atomic E-state index is 0.0602. The van der Waals surface area contributed by atoms with Crippen LogP contribution in [0.5, 0.6) is 0 Å². The number of likely N-dealkylation sites (tertiary alicyclic amines) is 1. The second kappa shape index (κ2) is 6.23. The Bertz CT molecular complexity index is 932. The molecule has 1 aliphatic carbocycles. The number of hydrogen-bond donors (Lipinski definition) is 1. The van der Waals surface area contributed by atoms with Crippen molar-refractivity contribution in [3.8, 4) is 5.82 Å². The van der Waals surface area contributed by atoms with Crippen LogP contribution in [0.25, 0.3) is 5.82 Å². The van der Waals surface area contributed by atoms with E-state index in [-0.39, 0.29) is 17.5 Å². The number of pyridine rings is 1. The first kappa shape index (κ1) is 16.1. The van der Waals surface area contributed by atoms with Crippen LogP contribution in [0.1, 0.15) is 30.9 Å². The number of nitrogens with one attached hydrogen (secondary N) is 1. The molecule has 1 N–H and O–H groups in total. The predicted octanol–water partition coefficient (Wildman–Crippen LogP) is 4.03. The second-order valence-corrected chi connectivity index (χ2v) is 7.44. The number of urea groups is 1. The molecular weight excluding hydrogens is 338 g/mol. The van der Waals surface area contributed by atoms with Gasteiger partial charge >= 0.3 is 6.03 Å². The highest BCUT2D eigenvalue weighted by Crippen LogP contribution is 2.60. The number of rotatable bonds is 3. The maximum atomic E-state index is 12.9. The highest BCUT2D eigenvalue weighted by Gasteiger charge is 2.57. The van der Waals surface area contributed by atoms with Gasteiger partial charge in [-0.05, 0) is 36.6 Å². The molecule has 6 heteroatoms. The lowest BCUT2D eigenvalue weighted by molar-refractivity contribution is -0.0970. The van der Waals surface area contributed by atoms with Crippen molar-refractivity contribution < 1.29 is 4.79 Å². The molecule has 2 fully saturated rings. The van der Waals surface area contributed by atoms with Crippen LogP contribution < -0.4 is 5.32 Å². The predicted molar refractivity (Wildman–Crippen MR) is 103 cm³/mol. The summed E-state index contributed by atoms with van der Waals surface area (Å²) in [5.74, 6) is 0.720. The van der Waals surface area contributed by atoms with Gasteiger partial charge in [0.2, 0.25) is 0 Å². The summed E-state index contributed by atoms with van der Waals surface area (Å²) in [6.45, 7) is 0.831. The van der Waals surface area contributed by atoms with E-state index in [4.69, 9.17) is 0 Å². The summed E-state index contributed by atoms with van der Waals surface area (Å²) in [5.41, 5.74) is 2.20. The Morgan fingerprint density at radius 1 is 1.11 bits per heavy atom. The van der Waals surface area contributed by atoms with Gasteiger partial charge in [0.25, 0.3) is 0 Å². The average molecular weight is 359 g/mol. The Kier molecular flexibility index (Phi) is 3.70.